The van der Waals surface area contributed by atoms with Crippen LogP contribution >= 0.6 is 0 Å². The van der Waals surface area contributed by atoms with Crippen LogP contribution in [0.15, 0.2) is 78.9 Å². The normalized spacial score (nSPS) is 11.1. The molecule has 0 saturated heterocycles. The van der Waals surface area contributed by atoms with E-state index in [0.717, 1.165) is 40.7 Å². The predicted octanol–water partition coefficient (Wildman–Crippen LogP) is 4.44. The standard InChI is InChI=1S/C22H20N2O/c25-16-18-10-12-19(13-11-18)22-20-8-4-5-9-21(20)24(23-22)15-14-17-6-2-1-3-7-17/h1-13,25H,14-16H2. The number of rotatable bonds is 5. The minimum Gasteiger partial charge on any atom is -0.392 e. The van der Waals surface area contributed by atoms with Gasteiger partial charge in [-0.2, -0.15) is 5.10 Å². The fourth-order valence-corrected chi connectivity index (χ4v) is 3.16. The number of nitrogens with zero attached hydrogens (tertiary/aromatic N) is 2. The van der Waals surface area contributed by atoms with Gasteiger partial charge in [-0.25, -0.2) is 0 Å². The molecule has 0 aliphatic heterocycles. The van der Waals surface area contributed by atoms with Gasteiger partial charge in [0, 0.05) is 17.5 Å². The summed E-state index contributed by atoms with van der Waals surface area (Å²) < 4.78 is 2.09. The van der Waals surface area contributed by atoms with Crippen LogP contribution in [0.1, 0.15) is 11.1 Å². The molecule has 3 nitrogen and oxygen atoms in total. The van der Waals surface area contributed by atoms with Gasteiger partial charge in [0.05, 0.1) is 12.1 Å². The SMILES string of the molecule is OCc1ccc(-c2nn(CCc3ccccc3)c3ccccc23)cc1. The van der Waals surface area contributed by atoms with Crippen LogP contribution in [-0.2, 0) is 19.6 Å². The van der Waals surface area contributed by atoms with E-state index in [2.05, 4.69) is 53.2 Å². The molecule has 4 aromatic rings. The van der Waals surface area contributed by atoms with Gasteiger partial charge in [-0.15, -0.1) is 0 Å². The maximum atomic E-state index is 9.23. The first-order valence-corrected chi connectivity index (χ1v) is 8.55. The Kier molecular flexibility index (Phi) is 4.32. The summed E-state index contributed by atoms with van der Waals surface area (Å²) in [6.07, 6.45) is 0.954. The first-order valence-electron chi connectivity index (χ1n) is 8.55. The lowest BCUT2D eigenvalue weighted by Crippen LogP contribution is -2.03. The lowest BCUT2D eigenvalue weighted by atomic mass is 10.1. The van der Waals surface area contributed by atoms with Gasteiger partial charge in [-0.1, -0.05) is 72.8 Å². The molecule has 0 aliphatic rings. The molecule has 0 radical (unpaired) electrons. The maximum Gasteiger partial charge on any atom is 0.100 e. The summed E-state index contributed by atoms with van der Waals surface area (Å²) in [4.78, 5) is 0. The van der Waals surface area contributed by atoms with E-state index < -0.39 is 0 Å². The highest BCUT2D eigenvalue weighted by molar-refractivity contribution is 5.93. The van der Waals surface area contributed by atoms with Gasteiger partial charge in [-0.05, 0) is 23.6 Å². The van der Waals surface area contributed by atoms with Crippen molar-refractivity contribution in [3.05, 3.63) is 90.0 Å². The van der Waals surface area contributed by atoms with E-state index in [1.54, 1.807) is 0 Å². The van der Waals surface area contributed by atoms with Gasteiger partial charge in [0.2, 0.25) is 0 Å². The topological polar surface area (TPSA) is 38.1 Å². The van der Waals surface area contributed by atoms with Gasteiger partial charge in [-0.3, -0.25) is 4.68 Å². The second-order valence-electron chi connectivity index (χ2n) is 6.18. The Labute approximate surface area is 147 Å². The molecule has 0 saturated carbocycles. The summed E-state index contributed by atoms with van der Waals surface area (Å²) in [6, 6.07) is 26.8. The van der Waals surface area contributed by atoms with Gasteiger partial charge in [0.15, 0.2) is 0 Å². The zero-order chi connectivity index (χ0) is 17.1. The van der Waals surface area contributed by atoms with E-state index in [1.807, 2.05) is 30.3 Å². The van der Waals surface area contributed by atoms with Crippen LogP contribution in [0.5, 0.6) is 0 Å². The molecule has 3 heteroatoms. The number of aliphatic hydroxyl groups excluding tert-OH is 1. The Balaban J connectivity index is 1.70. The van der Waals surface area contributed by atoms with Gasteiger partial charge in [0.1, 0.15) is 5.69 Å². The Morgan fingerprint density at radius 3 is 2.24 bits per heavy atom. The monoisotopic (exact) mass is 328 g/mol. The molecule has 4 rings (SSSR count). The maximum absolute atomic E-state index is 9.23. The highest BCUT2D eigenvalue weighted by atomic mass is 16.3. The highest BCUT2D eigenvalue weighted by Gasteiger charge is 2.12. The van der Waals surface area contributed by atoms with Crippen molar-refractivity contribution in [1.82, 2.24) is 9.78 Å². The molecule has 124 valence electrons. The third-order valence-electron chi connectivity index (χ3n) is 4.52. The van der Waals surface area contributed by atoms with E-state index in [0.29, 0.717) is 0 Å². The van der Waals surface area contributed by atoms with Crippen LogP contribution in [0.3, 0.4) is 0 Å². The summed E-state index contributed by atoms with van der Waals surface area (Å²) in [5.74, 6) is 0. The molecule has 1 heterocycles. The second kappa shape index (κ2) is 6.91. The molecule has 0 spiro atoms. The Morgan fingerprint density at radius 1 is 0.760 bits per heavy atom. The van der Waals surface area contributed by atoms with Crippen molar-refractivity contribution in [2.75, 3.05) is 0 Å². The van der Waals surface area contributed by atoms with Gasteiger partial charge >= 0.3 is 0 Å². The van der Waals surface area contributed by atoms with E-state index >= 15 is 0 Å². The molecular formula is C22H20N2O. The van der Waals surface area contributed by atoms with Crippen LogP contribution in [-0.4, -0.2) is 14.9 Å². The molecule has 0 atom stereocenters. The number of aromatic nitrogens is 2. The Bertz CT molecular complexity index is 972. The summed E-state index contributed by atoms with van der Waals surface area (Å²) in [6.45, 7) is 0.909. The third kappa shape index (κ3) is 3.19. The predicted molar refractivity (Wildman–Crippen MR) is 101 cm³/mol. The number of hydrogen-bond acceptors (Lipinski definition) is 2. The quantitative estimate of drug-likeness (QED) is 0.588. The highest BCUT2D eigenvalue weighted by Crippen LogP contribution is 2.28. The third-order valence-corrected chi connectivity index (χ3v) is 4.52. The Morgan fingerprint density at radius 2 is 1.48 bits per heavy atom. The van der Waals surface area contributed by atoms with Crippen molar-refractivity contribution in [3.63, 3.8) is 0 Å². The number of aliphatic hydroxyl groups is 1. The molecule has 25 heavy (non-hydrogen) atoms. The van der Waals surface area contributed by atoms with Crippen molar-refractivity contribution < 1.29 is 5.11 Å². The van der Waals surface area contributed by atoms with E-state index in [1.165, 1.54) is 5.56 Å². The minimum atomic E-state index is 0.0620. The minimum absolute atomic E-state index is 0.0620. The molecule has 0 amide bonds. The number of para-hydroxylation sites is 1. The largest absolute Gasteiger partial charge is 0.392 e. The number of fused-ring (bicyclic) bond motifs is 1. The smallest absolute Gasteiger partial charge is 0.100 e. The summed E-state index contributed by atoms with van der Waals surface area (Å²) in [7, 11) is 0. The number of aryl methyl sites for hydroxylation is 2. The first kappa shape index (κ1) is 15.6. The average Bonchev–Trinajstić information content (AvgIpc) is 3.06. The lowest BCUT2D eigenvalue weighted by molar-refractivity contribution is 0.282. The van der Waals surface area contributed by atoms with Crippen molar-refractivity contribution in [1.29, 1.82) is 0 Å². The van der Waals surface area contributed by atoms with Crippen LogP contribution in [0, 0.1) is 0 Å². The number of hydrogen-bond donors (Lipinski definition) is 1. The fraction of sp³-hybridized carbons (Fsp3) is 0.136. The lowest BCUT2D eigenvalue weighted by Gasteiger charge is -2.04. The molecule has 0 unspecified atom stereocenters. The summed E-state index contributed by atoms with van der Waals surface area (Å²) in [5.41, 5.74) is 5.45. The number of benzene rings is 3. The zero-order valence-electron chi connectivity index (χ0n) is 14.0. The van der Waals surface area contributed by atoms with Crippen molar-refractivity contribution in [2.24, 2.45) is 0 Å². The van der Waals surface area contributed by atoms with E-state index in [4.69, 9.17) is 5.10 Å². The Hall–Kier alpha value is -2.91. The molecule has 0 bridgehead atoms. The molecule has 1 aromatic heterocycles. The van der Waals surface area contributed by atoms with Gasteiger partial charge < -0.3 is 5.11 Å². The van der Waals surface area contributed by atoms with Crippen molar-refractivity contribution in [3.8, 4) is 11.3 Å². The zero-order valence-corrected chi connectivity index (χ0v) is 14.0. The molecule has 0 aliphatic carbocycles. The van der Waals surface area contributed by atoms with E-state index in [-0.39, 0.29) is 6.61 Å². The second-order valence-corrected chi connectivity index (χ2v) is 6.18. The fourth-order valence-electron chi connectivity index (χ4n) is 3.16. The molecule has 3 aromatic carbocycles. The average molecular weight is 328 g/mol. The molecule has 0 fully saturated rings. The molecular weight excluding hydrogens is 308 g/mol. The van der Waals surface area contributed by atoms with Crippen LogP contribution in [0.2, 0.25) is 0 Å². The van der Waals surface area contributed by atoms with Crippen LogP contribution < -0.4 is 0 Å². The van der Waals surface area contributed by atoms with E-state index in [9.17, 15) is 5.11 Å². The summed E-state index contributed by atoms with van der Waals surface area (Å²) >= 11 is 0. The van der Waals surface area contributed by atoms with Crippen LogP contribution in [0.4, 0.5) is 0 Å². The van der Waals surface area contributed by atoms with Crippen LogP contribution in [0.25, 0.3) is 22.2 Å². The first-order chi connectivity index (χ1) is 12.3. The van der Waals surface area contributed by atoms with Crippen molar-refractivity contribution >= 4 is 10.9 Å². The van der Waals surface area contributed by atoms with Gasteiger partial charge in [0.25, 0.3) is 0 Å². The summed E-state index contributed by atoms with van der Waals surface area (Å²) in [5, 5.41) is 15.3. The van der Waals surface area contributed by atoms with Crippen molar-refractivity contribution in [2.45, 2.75) is 19.6 Å². The molecule has 1 N–H and O–H groups in total.